The molecule has 84 valence electrons. The smallest absolute Gasteiger partial charge is 0.388 e. The SMILES string of the molecule is OC1(CC(F)C(F)(F)F)CCCNC1. The topological polar surface area (TPSA) is 32.3 Å². The Morgan fingerprint density at radius 3 is 2.50 bits per heavy atom. The average Bonchev–Trinajstić information content (AvgIpc) is 2.02. The first-order valence-electron chi connectivity index (χ1n) is 4.47. The predicted molar refractivity (Wildman–Crippen MR) is 42.6 cm³/mol. The van der Waals surface area contributed by atoms with Crippen LogP contribution in [-0.4, -0.2) is 36.1 Å². The molecule has 0 amide bonds. The lowest BCUT2D eigenvalue weighted by atomic mass is 9.89. The van der Waals surface area contributed by atoms with Crippen LogP contribution in [0.1, 0.15) is 19.3 Å². The van der Waals surface area contributed by atoms with Crippen LogP contribution < -0.4 is 5.32 Å². The highest BCUT2D eigenvalue weighted by Crippen LogP contribution is 2.31. The number of aliphatic hydroxyl groups is 1. The molecule has 14 heavy (non-hydrogen) atoms. The van der Waals surface area contributed by atoms with Gasteiger partial charge in [-0.3, -0.25) is 0 Å². The molecule has 0 radical (unpaired) electrons. The molecule has 2 N–H and O–H groups in total. The lowest BCUT2D eigenvalue weighted by Crippen LogP contribution is -2.48. The maximum atomic E-state index is 12.6. The van der Waals surface area contributed by atoms with Crippen LogP contribution in [0.15, 0.2) is 0 Å². The molecule has 0 saturated carbocycles. The van der Waals surface area contributed by atoms with Gasteiger partial charge in [-0.25, -0.2) is 4.39 Å². The second-order valence-electron chi connectivity index (χ2n) is 3.72. The number of piperidine rings is 1. The van der Waals surface area contributed by atoms with Crippen molar-refractivity contribution in [3.05, 3.63) is 0 Å². The quantitative estimate of drug-likeness (QED) is 0.682. The highest BCUT2D eigenvalue weighted by Gasteiger charge is 2.45. The summed E-state index contributed by atoms with van der Waals surface area (Å²) in [7, 11) is 0. The predicted octanol–water partition coefficient (Wildman–Crippen LogP) is 1.39. The molecule has 0 aromatic rings. The van der Waals surface area contributed by atoms with Gasteiger partial charge in [0.2, 0.25) is 0 Å². The van der Waals surface area contributed by atoms with E-state index in [1.807, 2.05) is 0 Å². The Balaban J connectivity index is 2.49. The Kier molecular flexibility index (Phi) is 3.36. The van der Waals surface area contributed by atoms with E-state index in [1.165, 1.54) is 0 Å². The number of halogens is 4. The monoisotopic (exact) mass is 215 g/mol. The van der Waals surface area contributed by atoms with Gasteiger partial charge in [0.05, 0.1) is 5.60 Å². The van der Waals surface area contributed by atoms with E-state index in [9.17, 15) is 22.7 Å². The summed E-state index contributed by atoms with van der Waals surface area (Å²) in [5.41, 5.74) is -1.55. The number of rotatable bonds is 2. The van der Waals surface area contributed by atoms with Crippen LogP contribution >= 0.6 is 0 Å². The fraction of sp³-hybridized carbons (Fsp3) is 1.00. The first-order chi connectivity index (χ1) is 6.33. The molecule has 1 aliphatic rings. The summed E-state index contributed by atoms with van der Waals surface area (Å²) in [4.78, 5) is 0. The van der Waals surface area contributed by atoms with Crippen molar-refractivity contribution in [2.75, 3.05) is 13.1 Å². The summed E-state index contributed by atoms with van der Waals surface area (Å²) in [6.07, 6.45) is -7.89. The maximum Gasteiger partial charge on any atom is 0.419 e. The van der Waals surface area contributed by atoms with Gasteiger partial charge in [-0.15, -0.1) is 0 Å². The van der Waals surface area contributed by atoms with Crippen LogP contribution in [0.2, 0.25) is 0 Å². The summed E-state index contributed by atoms with van der Waals surface area (Å²) in [5, 5.41) is 12.4. The molecule has 1 saturated heterocycles. The molecule has 6 heteroatoms. The van der Waals surface area contributed by atoms with E-state index >= 15 is 0 Å². The molecule has 0 aromatic carbocycles. The summed E-state index contributed by atoms with van der Waals surface area (Å²) >= 11 is 0. The molecule has 2 nitrogen and oxygen atoms in total. The van der Waals surface area contributed by atoms with Crippen LogP contribution in [-0.2, 0) is 0 Å². The van der Waals surface area contributed by atoms with Crippen molar-refractivity contribution in [3.8, 4) is 0 Å². The molecular weight excluding hydrogens is 202 g/mol. The third kappa shape index (κ3) is 3.09. The molecule has 0 spiro atoms. The summed E-state index contributed by atoms with van der Waals surface area (Å²) in [5.74, 6) is 0. The normalized spacial score (nSPS) is 31.5. The molecule has 0 bridgehead atoms. The van der Waals surface area contributed by atoms with E-state index in [-0.39, 0.29) is 13.0 Å². The van der Waals surface area contributed by atoms with Crippen LogP contribution in [0.25, 0.3) is 0 Å². The van der Waals surface area contributed by atoms with Gasteiger partial charge in [-0.1, -0.05) is 0 Å². The molecule has 1 aliphatic heterocycles. The zero-order valence-corrected chi connectivity index (χ0v) is 7.57. The first-order valence-corrected chi connectivity index (χ1v) is 4.47. The van der Waals surface area contributed by atoms with Crippen molar-refractivity contribution in [2.24, 2.45) is 0 Å². The molecule has 2 unspecified atom stereocenters. The zero-order chi connectivity index (χ0) is 10.8. The summed E-state index contributed by atoms with van der Waals surface area (Å²) in [6.45, 7) is 0.689. The standard InChI is InChI=1S/C8H13F4NO/c9-6(8(10,11)12)4-7(14)2-1-3-13-5-7/h6,13-14H,1-5H2. The number of hydrogen-bond donors (Lipinski definition) is 2. The van der Waals surface area contributed by atoms with E-state index in [4.69, 9.17) is 0 Å². The maximum absolute atomic E-state index is 12.6. The summed E-state index contributed by atoms with van der Waals surface area (Å²) < 4.78 is 48.2. The highest BCUT2D eigenvalue weighted by molar-refractivity contribution is 4.89. The van der Waals surface area contributed by atoms with Crippen molar-refractivity contribution in [1.82, 2.24) is 5.32 Å². The van der Waals surface area contributed by atoms with E-state index in [2.05, 4.69) is 5.32 Å². The van der Waals surface area contributed by atoms with Gasteiger partial charge in [0, 0.05) is 13.0 Å². The first kappa shape index (κ1) is 11.7. The third-order valence-corrected chi connectivity index (χ3v) is 2.36. The fourth-order valence-electron chi connectivity index (χ4n) is 1.58. The largest absolute Gasteiger partial charge is 0.419 e. The van der Waals surface area contributed by atoms with Gasteiger partial charge in [0.15, 0.2) is 6.17 Å². The minimum absolute atomic E-state index is 0.0312. The second-order valence-corrected chi connectivity index (χ2v) is 3.72. The van der Waals surface area contributed by atoms with Gasteiger partial charge >= 0.3 is 6.18 Å². The Bertz CT molecular complexity index is 188. The van der Waals surface area contributed by atoms with Crippen molar-refractivity contribution < 1.29 is 22.7 Å². The van der Waals surface area contributed by atoms with Gasteiger partial charge in [0.1, 0.15) is 0 Å². The lowest BCUT2D eigenvalue weighted by Gasteiger charge is -2.33. The molecule has 1 fully saturated rings. The van der Waals surface area contributed by atoms with E-state index in [0.717, 1.165) is 0 Å². The van der Waals surface area contributed by atoms with Crippen LogP contribution in [0.4, 0.5) is 17.6 Å². The van der Waals surface area contributed by atoms with E-state index in [1.54, 1.807) is 0 Å². The van der Waals surface area contributed by atoms with Crippen molar-refractivity contribution in [3.63, 3.8) is 0 Å². The highest BCUT2D eigenvalue weighted by atomic mass is 19.4. The third-order valence-electron chi connectivity index (χ3n) is 2.36. The number of nitrogens with one attached hydrogen (secondary N) is 1. The molecular formula is C8H13F4NO. The van der Waals surface area contributed by atoms with E-state index < -0.39 is 24.4 Å². The minimum atomic E-state index is -4.87. The number of alkyl halides is 4. The van der Waals surface area contributed by atoms with Gasteiger partial charge in [-0.2, -0.15) is 13.2 Å². The second kappa shape index (κ2) is 4.02. The number of β-amino-alcohol motifs (C(OH)–C–C–N with tert-alkyl or cyclic N) is 1. The molecule has 2 atom stereocenters. The Hall–Kier alpha value is -0.360. The van der Waals surface area contributed by atoms with Gasteiger partial charge in [0.25, 0.3) is 0 Å². The minimum Gasteiger partial charge on any atom is -0.388 e. The van der Waals surface area contributed by atoms with Crippen LogP contribution in [0.3, 0.4) is 0 Å². The Morgan fingerprint density at radius 1 is 1.43 bits per heavy atom. The lowest BCUT2D eigenvalue weighted by molar-refractivity contribution is -0.195. The average molecular weight is 215 g/mol. The molecule has 1 rings (SSSR count). The Morgan fingerprint density at radius 2 is 2.07 bits per heavy atom. The zero-order valence-electron chi connectivity index (χ0n) is 7.57. The van der Waals surface area contributed by atoms with Gasteiger partial charge < -0.3 is 10.4 Å². The van der Waals surface area contributed by atoms with Crippen molar-refractivity contribution in [2.45, 2.75) is 37.2 Å². The van der Waals surface area contributed by atoms with Crippen LogP contribution in [0, 0.1) is 0 Å². The van der Waals surface area contributed by atoms with Crippen LogP contribution in [0.5, 0.6) is 0 Å². The summed E-state index contributed by atoms with van der Waals surface area (Å²) in [6, 6.07) is 0. The fourth-order valence-corrected chi connectivity index (χ4v) is 1.58. The van der Waals surface area contributed by atoms with Crippen molar-refractivity contribution >= 4 is 0 Å². The Labute approximate surface area is 79.3 Å². The van der Waals surface area contributed by atoms with E-state index in [0.29, 0.717) is 13.0 Å². The van der Waals surface area contributed by atoms with Gasteiger partial charge in [-0.05, 0) is 19.4 Å². The number of hydrogen-bond acceptors (Lipinski definition) is 2. The molecule has 0 aromatic heterocycles. The molecule has 0 aliphatic carbocycles. The molecule has 1 heterocycles. The van der Waals surface area contributed by atoms with Crippen molar-refractivity contribution in [1.29, 1.82) is 0 Å².